The van der Waals surface area contributed by atoms with E-state index in [0.29, 0.717) is 12.2 Å². The Hall–Kier alpha value is -3.08. The third-order valence-corrected chi connectivity index (χ3v) is 3.32. The summed E-state index contributed by atoms with van der Waals surface area (Å²) >= 11 is 0. The van der Waals surface area contributed by atoms with E-state index in [2.05, 4.69) is 5.10 Å². The van der Waals surface area contributed by atoms with Crippen LogP contribution in [0.4, 0.5) is 0 Å². The molecule has 0 unspecified atom stereocenters. The van der Waals surface area contributed by atoms with Crippen molar-refractivity contribution in [2.75, 3.05) is 0 Å². The lowest BCUT2D eigenvalue weighted by Gasteiger charge is -2.02. The fourth-order valence-electron chi connectivity index (χ4n) is 2.26. The maximum atomic E-state index is 11.4. The van der Waals surface area contributed by atoms with Crippen molar-refractivity contribution in [3.05, 3.63) is 71.9 Å². The highest BCUT2D eigenvalue weighted by Gasteiger charge is 2.16. The zero-order valence-electron chi connectivity index (χ0n) is 11.7. The Morgan fingerprint density at radius 1 is 1.05 bits per heavy atom. The number of benzene rings is 2. The first-order chi connectivity index (χ1) is 10.6. The van der Waals surface area contributed by atoms with Crippen molar-refractivity contribution in [2.45, 2.75) is 6.54 Å². The third kappa shape index (κ3) is 2.83. The van der Waals surface area contributed by atoms with Gasteiger partial charge < -0.3 is 10.2 Å². The van der Waals surface area contributed by atoms with Gasteiger partial charge in [0, 0.05) is 11.8 Å². The molecule has 22 heavy (non-hydrogen) atoms. The van der Waals surface area contributed by atoms with E-state index < -0.39 is 5.97 Å². The van der Waals surface area contributed by atoms with Gasteiger partial charge in [-0.05, 0) is 17.7 Å². The third-order valence-electron chi connectivity index (χ3n) is 3.32. The van der Waals surface area contributed by atoms with Gasteiger partial charge in [0.25, 0.3) is 0 Å². The molecule has 2 aromatic carbocycles. The average Bonchev–Trinajstić information content (AvgIpc) is 2.95. The lowest BCUT2D eigenvalue weighted by Crippen LogP contribution is -2.00. The summed E-state index contributed by atoms with van der Waals surface area (Å²) in [6, 6.07) is 16.0. The molecule has 110 valence electrons. The van der Waals surface area contributed by atoms with Gasteiger partial charge in [-0.3, -0.25) is 4.68 Å². The maximum absolute atomic E-state index is 11.4. The number of hydrogen-bond acceptors (Lipinski definition) is 3. The van der Waals surface area contributed by atoms with Crippen LogP contribution in [-0.4, -0.2) is 26.0 Å². The molecular formula is C17H14N2O3. The van der Waals surface area contributed by atoms with Crippen LogP contribution < -0.4 is 0 Å². The number of nitrogens with zero attached hydrogens (tertiary/aromatic N) is 2. The number of phenolic OH excluding ortho intramolecular Hbond substituents is 1. The molecular weight excluding hydrogens is 280 g/mol. The van der Waals surface area contributed by atoms with Crippen LogP contribution in [-0.2, 0) is 6.54 Å². The summed E-state index contributed by atoms with van der Waals surface area (Å²) in [5.74, 6) is -0.809. The Kier molecular flexibility index (Phi) is 3.62. The summed E-state index contributed by atoms with van der Waals surface area (Å²) in [5.41, 5.74) is 2.32. The Bertz CT molecular complexity index is 793. The van der Waals surface area contributed by atoms with E-state index in [-0.39, 0.29) is 11.3 Å². The monoisotopic (exact) mass is 294 g/mol. The molecule has 5 heteroatoms. The van der Waals surface area contributed by atoms with E-state index in [1.54, 1.807) is 28.9 Å². The molecule has 2 N–H and O–H groups in total. The summed E-state index contributed by atoms with van der Waals surface area (Å²) in [7, 11) is 0. The number of phenols is 1. The second-order valence-electron chi connectivity index (χ2n) is 4.93. The molecule has 1 aromatic heterocycles. The minimum Gasteiger partial charge on any atom is -0.508 e. The van der Waals surface area contributed by atoms with E-state index in [9.17, 15) is 15.0 Å². The van der Waals surface area contributed by atoms with E-state index >= 15 is 0 Å². The van der Waals surface area contributed by atoms with Gasteiger partial charge in [-0.1, -0.05) is 42.5 Å². The molecule has 0 saturated carbocycles. The second-order valence-corrected chi connectivity index (χ2v) is 4.93. The highest BCUT2D eigenvalue weighted by Crippen LogP contribution is 2.22. The Morgan fingerprint density at radius 2 is 1.73 bits per heavy atom. The largest absolute Gasteiger partial charge is 0.508 e. The predicted octanol–water partition coefficient (Wildman–Crippen LogP) is 3.00. The normalized spacial score (nSPS) is 10.5. The van der Waals surface area contributed by atoms with Gasteiger partial charge in [-0.2, -0.15) is 5.10 Å². The predicted molar refractivity (Wildman–Crippen MR) is 81.8 cm³/mol. The van der Waals surface area contributed by atoms with Crippen molar-refractivity contribution in [1.82, 2.24) is 9.78 Å². The van der Waals surface area contributed by atoms with Crippen molar-refractivity contribution in [2.24, 2.45) is 0 Å². The van der Waals surface area contributed by atoms with Crippen molar-refractivity contribution in [1.29, 1.82) is 0 Å². The first-order valence-corrected chi connectivity index (χ1v) is 6.77. The minimum absolute atomic E-state index is 0.171. The smallest absolute Gasteiger partial charge is 0.339 e. The Balaban J connectivity index is 1.97. The zero-order valence-corrected chi connectivity index (χ0v) is 11.7. The summed E-state index contributed by atoms with van der Waals surface area (Å²) in [5, 5.41) is 23.0. The fraction of sp³-hybridized carbons (Fsp3) is 0.0588. The van der Waals surface area contributed by atoms with Gasteiger partial charge >= 0.3 is 5.97 Å². The van der Waals surface area contributed by atoms with Crippen LogP contribution in [0.3, 0.4) is 0 Å². The Labute approximate surface area is 127 Å². The zero-order chi connectivity index (χ0) is 15.5. The Morgan fingerprint density at radius 3 is 2.36 bits per heavy atom. The van der Waals surface area contributed by atoms with Crippen LogP contribution in [0.5, 0.6) is 5.75 Å². The fourth-order valence-corrected chi connectivity index (χ4v) is 2.26. The van der Waals surface area contributed by atoms with E-state index in [1.165, 1.54) is 6.20 Å². The van der Waals surface area contributed by atoms with Gasteiger partial charge in [0.05, 0.1) is 6.54 Å². The summed E-state index contributed by atoms with van der Waals surface area (Å²) in [6.45, 7) is 0.438. The summed E-state index contributed by atoms with van der Waals surface area (Å²) in [6.07, 6.45) is 1.53. The number of carboxylic acids is 1. The highest BCUT2D eigenvalue weighted by atomic mass is 16.4. The average molecular weight is 294 g/mol. The molecule has 0 amide bonds. The summed E-state index contributed by atoms with van der Waals surface area (Å²) < 4.78 is 1.60. The minimum atomic E-state index is -1.00. The molecule has 0 saturated heterocycles. The van der Waals surface area contributed by atoms with Gasteiger partial charge in [0.15, 0.2) is 0 Å². The SMILES string of the molecule is O=C(O)c1cn(Cc2ccc(O)cc2)nc1-c1ccccc1. The van der Waals surface area contributed by atoms with E-state index in [4.69, 9.17) is 0 Å². The van der Waals surface area contributed by atoms with Crippen molar-refractivity contribution >= 4 is 5.97 Å². The first-order valence-electron chi connectivity index (χ1n) is 6.77. The number of carbonyl (C=O) groups is 1. The number of aromatic carboxylic acids is 1. The van der Waals surface area contributed by atoms with Gasteiger partial charge in [0.1, 0.15) is 17.0 Å². The maximum Gasteiger partial charge on any atom is 0.339 e. The second kappa shape index (κ2) is 5.73. The lowest BCUT2D eigenvalue weighted by atomic mass is 10.1. The lowest BCUT2D eigenvalue weighted by molar-refractivity contribution is 0.0697. The van der Waals surface area contributed by atoms with Crippen LogP contribution in [0.15, 0.2) is 60.8 Å². The topological polar surface area (TPSA) is 75.3 Å². The van der Waals surface area contributed by atoms with E-state index in [0.717, 1.165) is 11.1 Å². The van der Waals surface area contributed by atoms with Crippen LogP contribution in [0.1, 0.15) is 15.9 Å². The molecule has 0 atom stereocenters. The molecule has 0 spiro atoms. The number of hydrogen-bond donors (Lipinski definition) is 2. The molecule has 0 aliphatic heterocycles. The van der Waals surface area contributed by atoms with Crippen molar-refractivity contribution in [3.63, 3.8) is 0 Å². The summed E-state index contributed by atoms with van der Waals surface area (Å²) in [4.78, 5) is 11.4. The molecule has 0 aliphatic rings. The van der Waals surface area contributed by atoms with Gasteiger partial charge in [-0.25, -0.2) is 4.79 Å². The van der Waals surface area contributed by atoms with E-state index in [1.807, 2.05) is 30.3 Å². The number of rotatable bonds is 4. The van der Waals surface area contributed by atoms with Crippen LogP contribution in [0, 0.1) is 0 Å². The number of aromatic hydroxyl groups is 1. The van der Waals surface area contributed by atoms with Crippen LogP contribution in [0.2, 0.25) is 0 Å². The molecule has 0 radical (unpaired) electrons. The van der Waals surface area contributed by atoms with Crippen molar-refractivity contribution in [3.8, 4) is 17.0 Å². The highest BCUT2D eigenvalue weighted by molar-refractivity contribution is 5.94. The molecule has 3 aromatic rings. The first kappa shape index (κ1) is 13.9. The molecule has 5 nitrogen and oxygen atoms in total. The quantitative estimate of drug-likeness (QED) is 0.775. The van der Waals surface area contributed by atoms with Crippen LogP contribution >= 0.6 is 0 Å². The van der Waals surface area contributed by atoms with Crippen LogP contribution in [0.25, 0.3) is 11.3 Å². The van der Waals surface area contributed by atoms with Crippen molar-refractivity contribution < 1.29 is 15.0 Å². The molecule has 0 aliphatic carbocycles. The molecule has 1 heterocycles. The van der Waals surface area contributed by atoms with Gasteiger partial charge in [0.2, 0.25) is 0 Å². The molecule has 0 bridgehead atoms. The number of aromatic nitrogens is 2. The molecule has 3 rings (SSSR count). The van der Waals surface area contributed by atoms with Gasteiger partial charge in [-0.15, -0.1) is 0 Å². The standard InChI is InChI=1S/C17H14N2O3/c20-14-8-6-12(7-9-14)10-19-11-15(17(21)22)16(18-19)13-4-2-1-3-5-13/h1-9,11,20H,10H2,(H,21,22). The number of carboxylic acid groups (broad SMARTS) is 1. The molecule has 0 fully saturated rings.